The first kappa shape index (κ1) is 12.9. The van der Waals surface area contributed by atoms with E-state index in [4.69, 9.17) is 0 Å². The van der Waals surface area contributed by atoms with Gasteiger partial charge in [-0.15, -0.1) is 11.3 Å². The molecule has 0 aromatic carbocycles. The predicted molar refractivity (Wildman–Crippen MR) is 73.8 cm³/mol. The van der Waals surface area contributed by atoms with E-state index in [0.29, 0.717) is 0 Å². The fourth-order valence-corrected chi connectivity index (χ4v) is 2.42. The van der Waals surface area contributed by atoms with Gasteiger partial charge in [0.25, 0.3) is 0 Å². The van der Waals surface area contributed by atoms with Crippen LogP contribution in [-0.2, 0) is 13.1 Å². The molecule has 0 fully saturated rings. The largest absolute Gasteiger partial charge is 0.353 e. The van der Waals surface area contributed by atoms with Gasteiger partial charge in [0.15, 0.2) is 0 Å². The van der Waals surface area contributed by atoms with E-state index in [1.165, 1.54) is 4.88 Å². The number of nitrogens with one attached hydrogen (secondary N) is 1. The lowest BCUT2D eigenvalue weighted by Crippen LogP contribution is -2.18. The average molecular weight is 263 g/mol. The van der Waals surface area contributed by atoms with E-state index < -0.39 is 0 Å². The lowest BCUT2D eigenvalue weighted by atomic mass is 10.3. The molecule has 96 valence electrons. The molecule has 0 radical (unpaired) electrons. The van der Waals surface area contributed by atoms with Crippen molar-refractivity contribution in [2.75, 3.05) is 19.0 Å². The summed E-state index contributed by atoms with van der Waals surface area (Å²) in [6, 6.07) is 0. The van der Waals surface area contributed by atoms with E-state index in [0.717, 1.165) is 30.3 Å². The van der Waals surface area contributed by atoms with Crippen molar-refractivity contribution in [3.8, 4) is 0 Å². The molecule has 0 atom stereocenters. The molecule has 0 saturated heterocycles. The highest BCUT2D eigenvalue weighted by Crippen LogP contribution is 2.17. The smallest absolute Gasteiger partial charge is 0.147 e. The summed E-state index contributed by atoms with van der Waals surface area (Å²) >= 11 is 1.67. The molecule has 6 heteroatoms. The van der Waals surface area contributed by atoms with Crippen LogP contribution in [-0.4, -0.2) is 29.0 Å². The Hall–Kier alpha value is -1.53. The van der Waals surface area contributed by atoms with E-state index in [-0.39, 0.29) is 0 Å². The molecule has 2 aromatic heterocycles. The SMILES string of the molecule is CNCc1cnc(N(C)Cc2scnc2C)cn1. The Labute approximate surface area is 111 Å². The second-order valence-corrected chi connectivity index (χ2v) is 5.05. The van der Waals surface area contributed by atoms with Crippen molar-refractivity contribution in [2.45, 2.75) is 20.0 Å². The normalized spacial score (nSPS) is 10.6. The van der Waals surface area contributed by atoms with Gasteiger partial charge in [0.2, 0.25) is 0 Å². The molecule has 18 heavy (non-hydrogen) atoms. The zero-order valence-electron chi connectivity index (χ0n) is 10.8. The van der Waals surface area contributed by atoms with Crippen molar-refractivity contribution < 1.29 is 0 Å². The fourth-order valence-electron chi connectivity index (χ4n) is 1.59. The number of aryl methyl sites for hydroxylation is 1. The van der Waals surface area contributed by atoms with Gasteiger partial charge < -0.3 is 10.2 Å². The summed E-state index contributed by atoms with van der Waals surface area (Å²) in [6.45, 7) is 3.59. The molecule has 2 rings (SSSR count). The molecule has 5 nitrogen and oxygen atoms in total. The van der Waals surface area contributed by atoms with Crippen LogP contribution in [0.4, 0.5) is 5.82 Å². The van der Waals surface area contributed by atoms with Gasteiger partial charge in [-0.3, -0.25) is 4.98 Å². The Morgan fingerprint density at radius 3 is 2.67 bits per heavy atom. The molecular weight excluding hydrogens is 246 g/mol. The first-order chi connectivity index (χ1) is 8.70. The van der Waals surface area contributed by atoms with Gasteiger partial charge in [0, 0.05) is 18.5 Å². The molecule has 0 aliphatic carbocycles. The Morgan fingerprint density at radius 2 is 2.11 bits per heavy atom. The summed E-state index contributed by atoms with van der Waals surface area (Å²) < 4.78 is 0. The van der Waals surface area contributed by atoms with Crippen molar-refractivity contribution in [3.63, 3.8) is 0 Å². The zero-order valence-corrected chi connectivity index (χ0v) is 11.7. The van der Waals surface area contributed by atoms with Gasteiger partial charge in [-0.05, 0) is 14.0 Å². The predicted octanol–water partition coefficient (Wildman–Crippen LogP) is 1.60. The number of aromatic nitrogens is 3. The third-order valence-corrected chi connectivity index (χ3v) is 3.59. The minimum absolute atomic E-state index is 0.741. The highest BCUT2D eigenvalue weighted by atomic mass is 32.1. The minimum atomic E-state index is 0.741. The highest BCUT2D eigenvalue weighted by Gasteiger charge is 2.08. The number of rotatable bonds is 5. The molecule has 2 heterocycles. The summed E-state index contributed by atoms with van der Waals surface area (Å²) in [6.07, 6.45) is 3.62. The summed E-state index contributed by atoms with van der Waals surface area (Å²) in [5.74, 6) is 0.877. The molecule has 0 unspecified atom stereocenters. The van der Waals surface area contributed by atoms with Crippen LogP contribution in [0.3, 0.4) is 0 Å². The van der Waals surface area contributed by atoms with Crippen LogP contribution in [0.25, 0.3) is 0 Å². The Morgan fingerprint density at radius 1 is 1.28 bits per heavy atom. The van der Waals surface area contributed by atoms with Crippen LogP contribution >= 0.6 is 11.3 Å². The van der Waals surface area contributed by atoms with Crippen LogP contribution in [0.5, 0.6) is 0 Å². The minimum Gasteiger partial charge on any atom is -0.353 e. The molecule has 0 aliphatic heterocycles. The fraction of sp³-hybridized carbons (Fsp3) is 0.417. The van der Waals surface area contributed by atoms with Gasteiger partial charge >= 0.3 is 0 Å². The number of thiazole rings is 1. The van der Waals surface area contributed by atoms with Crippen molar-refractivity contribution in [1.82, 2.24) is 20.3 Å². The maximum absolute atomic E-state index is 4.42. The van der Waals surface area contributed by atoms with E-state index in [2.05, 4.69) is 25.2 Å². The number of anilines is 1. The summed E-state index contributed by atoms with van der Waals surface area (Å²) in [4.78, 5) is 16.4. The maximum atomic E-state index is 4.42. The first-order valence-electron chi connectivity index (χ1n) is 5.76. The maximum Gasteiger partial charge on any atom is 0.147 e. The third-order valence-electron chi connectivity index (χ3n) is 2.67. The standard InChI is InChI=1S/C12H17N5S/c1-9-11(18-8-16-9)7-17(3)12-6-14-10(4-13-2)5-15-12/h5-6,8,13H,4,7H2,1-3H3. The van der Waals surface area contributed by atoms with E-state index in [1.807, 2.05) is 38.9 Å². The molecule has 0 spiro atoms. The van der Waals surface area contributed by atoms with Crippen LogP contribution in [0.1, 0.15) is 16.3 Å². The second kappa shape index (κ2) is 5.88. The van der Waals surface area contributed by atoms with Crippen molar-refractivity contribution in [3.05, 3.63) is 34.2 Å². The zero-order chi connectivity index (χ0) is 13.0. The van der Waals surface area contributed by atoms with Gasteiger partial charge in [-0.1, -0.05) is 0 Å². The number of hydrogen-bond acceptors (Lipinski definition) is 6. The second-order valence-electron chi connectivity index (χ2n) is 4.11. The quantitative estimate of drug-likeness (QED) is 0.888. The van der Waals surface area contributed by atoms with Crippen LogP contribution in [0, 0.1) is 6.92 Å². The molecule has 0 aliphatic rings. The molecule has 0 bridgehead atoms. The Bertz CT molecular complexity index is 493. The highest BCUT2D eigenvalue weighted by molar-refractivity contribution is 7.09. The summed E-state index contributed by atoms with van der Waals surface area (Å²) in [5.41, 5.74) is 3.91. The van der Waals surface area contributed by atoms with Crippen LogP contribution in [0.2, 0.25) is 0 Å². The molecule has 1 N–H and O–H groups in total. The van der Waals surface area contributed by atoms with Gasteiger partial charge in [-0.2, -0.15) is 0 Å². The third kappa shape index (κ3) is 3.02. The van der Waals surface area contributed by atoms with Gasteiger partial charge in [-0.25, -0.2) is 9.97 Å². The topological polar surface area (TPSA) is 53.9 Å². The van der Waals surface area contributed by atoms with Gasteiger partial charge in [0.05, 0.1) is 35.8 Å². The Balaban J connectivity index is 2.04. The summed E-state index contributed by atoms with van der Waals surface area (Å²) in [7, 11) is 3.91. The molecule has 2 aromatic rings. The van der Waals surface area contributed by atoms with E-state index in [9.17, 15) is 0 Å². The summed E-state index contributed by atoms with van der Waals surface area (Å²) in [5, 5.41) is 3.05. The number of nitrogens with zero attached hydrogens (tertiary/aromatic N) is 4. The molecule has 0 saturated carbocycles. The number of hydrogen-bond donors (Lipinski definition) is 1. The monoisotopic (exact) mass is 263 g/mol. The lowest BCUT2D eigenvalue weighted by Gasteiger charge is -2.17. The van der Waals surface area contributed by atoms with Crippen molar-refractivity contribution in [1.29, 1.82) is 0 Å². The van der Waals surface area contributed by atoms with Crippen molar-refractivity contribution >= 4 is 17.2 Å². The van der Waals surface area contributed by atoms with Crippen LogP contribution in [0.15, 0.2) is 17.9 Å². The average Bonchev–Trinajstić information content (AvgIpc) is 2.76. The van der Waals surface area contributed by atoms with E-state index >= 15 is 0 Å². The first-order valence-corrected chi connectivity index (χ1v) is 6.64. The molecular formula is C12H17N5S. The van der Waals surface area contributed by atoms with Crippen molar-refractivity contribution in [2.24, 2.45) is 0 Å². The van der Waals surface area contributed by atoms with E-state index in [1.54, 1.807) is 11.3 Å². The van der Waals surface area contributed by atoms with Crippen LogP contribution < -0.4 is 10.2 Å². The Kier molecular flexibility index (Phi) is 4.22. The molecule has 0 amide bonds. The van der Waals surface area contributed by atoms with Gasteiger partial charge in [0.1, 0.15) is 5.82 Å². The lowest BCUT2D eigenvalue weighted by molar-refractivity contribution is 0.779.